The van der Waals surface area contributed by atoms with Crippen LogP contribution in [-0.4, -0.2) is 73.5 Å². The van der Waals surface area contributed by atoms with E-state index in [1.807, 2.05) is 0 Å². The lowest BCUT2D eigenvalue weighted by atomic mass is 9.73. The number of nitrogens with two attached hydrogens (primary N) is 1. The summed E-state index contributed by atoms with van der Waals surface area (Å²) in [5.74, 6) is 2.35. The molecule has 0 aromatic carbocycles. The Bertz CT molecular complexity index is 495. The third-order valence-electron chi connectivity index (χ3n) is 7.68. The number of fused-ring (bicyclic) bond motifs is 1. The van der Waals surface area contributed by atoms with Crippen molar-refractivity contribution >= 4 is 0 Å². The smallest absolute Gasteiger partial charge is 0.0794 e. The molecule has 2 saturated carbocycles. The summed E-state index contributed by atoms with van der Waals surface area (Å²) in [5.41, 5.74) is 9.46. The van der Waals surface area contributed by atoms with Crippen molar-refractivity contribution in [2.75, 3.05) is 33.2 Å². The average molecular weight is 393 g/mol. The first-order valence-corrected chi connectivity index (χ1v) is 12.0. The minimum Gasteiger partial charge on any atom is -0.329 e. The summed E-state index contributed by atoms with van der Waals surface area (Å²) in [6.45, 7) is 8.75. The summed E-state index contributed by atoms with van der Waals surface area (Å²) in [4.78, 5) is 2.44. The van der Waals surface area contributed by atoms with Crippen LogP contribution in [0, 0.1) is 17.8 Å². The molecule has 0 spiro atoms. The molecule has 4 fully saturated rings. The predicted molar refractivity (Wildman–Crippen MR) is 116 cm³/mol. The fourth-order valence-electron chi connectivity index (χ4n) is 6.12. The second-order valence-corrected chi connectivity index (χ2v) is 10.4. The van der Waals surface area contributed by atoms with Gasteiger partial charge in [-0.1, -0.05) is 6.42 Å². The van der Waals surface area contributed by atoms with Gasteiger partial charge < -0.3 is 16.0 Å². The van der Waals surface area contributed by atoms with Crippen molar-refractivity contribution in [3.8, 4) is 0 Å². The van der Waals surface area contributed by atoms with Gasteiger partial charge in [0.1, 0.15) is 0 Å². The van der Waals surface area contributed by atoms with Crippen LogP contribution in [0.1, 0.15) is 58.8 Å². The summed E-state index contributed by atoms with van der Waals surface area (Å²) in [6, 6.07) is 2.65. The van der Waals surface area contributed by atoms with Gasteiger partial charge in [-0.25, -0.2) is 5.01 Å². The summed E-state index contributed by atoms with van der Waals surface area (Å²) in [7, 11) is 2.24. The van der Waals surface area contributed by atoms with Gasteiger partial charge in [-0.3, -0.25) is 10.7 Å². The fourth-order valence-corrected chi connectivity index (χ4v) is 6.12. The summed E-state index contributed by atoms with van der Waals surface area (Å²) in [6.07, 6.45) is 10.1. The first-order chi connectivity index (χ1) is 13.5. The first kappa shape index (κ1) is 21.0. The predicted octanol–water partition coefficient (Wildman–Crippen LogP) is 1.34. The molecule has 2 heterocycles. The van der Waals surface area contributed by atoms with Crippen LogP contribution in [0.2, 0.25) is 0 Å². The summed E-state index contributed by atoms with van der Waals surface area (Å²) < 4.78 is 0. The maximum Gasteiger partial charge on any atom is 0.0794 e. The van der Waals surface area contributed by atoms with Crippen LogP contribution in [0.3, 0.4) is 0 Å². The number of rotatable bonds is 8. The monoisotopic (exact) mass is 392 g/mol. The molecule has 0 aromatic rings. The van der Waals surface area contributed by atoms with Gasteiger partial charge in [-0.05, 0) is 71.3 Å². The third kappa shape index (κ3) is 4.90. The topological polar surface area (TPSA) is 68.6 Å². The zero-order chi connectivity index (χ0) is 19.7. The second kappa shape index (κ2) is 9.27. The van der Waals surface area contributed by atoms with E-state index in [-0.39, 0.29) is 0 Å². The maximum absolute atomic E-state index is 5.76. The molecule has 0 aromatic heterocycles. The highest BCUT2D eigenvalue weighted by molar-refractivity contribution is 5.03. The van der Waals surface area contributed by atoms with Crippen LogP contribution >= 0.6 is 0 Å². The highest BCUT2D eigenvalue weighted by Crippen LogP contribution is 2.38. The SMILES string of the molecule is CC(C)N1NCC2C(NC3CC3)CC(C3CCCC(CN(C)CCN)C3)NC21. The standard InChI is InChI=1S/C22H44N6/c1-15(2)28-22-19(13-24-28)21(25-18-7-8-18)12-20(26-22)17-6-4-5-16(11-17)14-27(3)10-9-23/h15-22,24-26H,4-14,23H2,1-3H3. The van der Waals surface area contributed by atoms with Crippen LogP contribution in [0.5, 0.6) is 0 Å². The van der Waals surface area contributed by atoms with Crippen molar-refractivity contribution in [1.82, 2.24) is 26.0 Å². The molecule has 6 unspecified atom stereocenters. The van der Waals surface area contributed by atoms with Crippen LogP contribution in [0.25, 0.3) is 0 Å². The van der Waals surface area contributed by atoms with E-state index in [1.165, 1.54) is 51.5 Å². The molecule has 2 aliphatic carbocycles. The Hall–Kier alpha value is -0.240. The largest absolute Gasteiger partial charge is 0.329 e. The molecule has 0 amide bonds. The molecule has 28 heavy (non-hydrogen) atoms. The highest BCUT2D eigenvalue weighted by atomic mass is 15.6. The highest BCUT2D eigenvalue weighted by Gasteiger charge is 2.48. The number of piperidine rings is 1. The molecule has 0 bridgehead atoms. The summed E-state index contributed by atoms with van der Waals surface area (Å²) >= 11 is 0. The van der Waals surface area contributed by atoms with E-state index in [0.29, 0.717) is 30.2 Å². The Morgan fingerprint density at radius 2 is 2.00 bits per heavy atom. The van der Waals surface area contributed by atoms with E-state index in [0.717, 1.165) is 37.5 Å². The van der Waals surface area contributed by atoms with Crippen molar-refractivity contribution in [3.63, 3.8) is 0 Å². The molecule has 0 radical (unpaired) electrons. The van der Waals surface area contributed by atoms with Crippen LogP contribution < -0.4 is 21.8 Å². The Labute approximate surface area is 172 Å². The van der Waals surface area contributed by atoms with Gasteiger partial charge in [0, 0.05) is 56.3 Å². The van der Waals surface area contributed by atoms with Crippen LogP contribution in [0.4, 0.5) is 0 Å². The van der Waals surface area contributed by atoms with Gasteiger partial charge in [0.15, 0.2) is 0 Å². The first-order valence-electron chi connectivity index (χ1n) is 12.0. The van der Waals surface area contributed by atoms with E-state index in [1.54, 1.807) is 0 Å². The van der Waals surface area contributed by atoms with Crippen molar-refractivity contribution < 1.29 is 0 Å². The van der Waals surface area contributed by atoms with E-state index < -0.39 is 0 Å². The van der Waals surface area contributed by atoms with Crippen molar-refractivity contribution in [2.24, 2.45) is 23.5 Å². The molecule has 2 saturated heterocycles. The van der Waals surface area contributed by atoms with E-state index in [9.17, 15) is 0 Å². The summed E-state index contributed by atoms with van der Waals surface area (Å²) in [5, 5.41) is 10.6. The lowest BCUT2D eigenvalue weighted by molar-refractivity contribution is 0.0386. The van der Waals surface area contributed by atoms with Crippen LogP contribution in [-0.2, 0) is 0 Å². The molecular formula is C22H44N6. The molecule has 5 N–H and O–H groups in total. The van der Waals surface area contributed by atoms with Gasteiger partial charge in [0.25, 0.3) is 0 Å². The normalized spacial score (nSPS) is 39.6. The van der Waals surface area contributed by atoms with Crippen LogP contribution in [0.15, 0.2) is 0 Å². The lowest BCUT2D eigenvalue weighted by Crippen LogP contribution is -2.63. The lowest BCUT2D eigenvalue weighted by Gasteiger charge is -2.47. The zero-order valence-electron chi connectivity index (χ0n) is 18.4. The van der Waals surface area contributed by atoms with Gasteiger partial charge in [0.05, 0.1) is 6.17 Å². The number of likely N-dealkylation sites (N-methyl/N-ethyl adjacent to an activating group) is 1. The molecular weight excluding hydrogens is 348 g/mol. The van der Waals surface area contributed by atoms with Crippen molar-refractivity contribution in [1.29, 1.82) is 0 Å². The third-order valence-corrected chi connectivity index (χ3v) is 7.68. The Kier molecular flexibility index (Phi) is 6.96. The molecule has 162 valence electrons. The average Bonchev–Trinajstić information content (AvgIpc) is 3.37. The Morgan fingerprint density at radius 1 is 1.18 bits per heavy atom. The van der Waals surface area contributed by atoms with E-state index >= 15 is 0 Å². The molecule has 2 aliphatic heterocycles. The van der Waals surface area contributed by atoms with Crippen molar-refractivity contribution in [3.05, 3.63) is 0 Å². The minimum atomic E-state index is 0.482. The zero-order valence-corrected chi connectivity index (χ0v) is 18.4. The van der Waals surface area contributed by atoms with Crippen molar-refractivity contribution in [2.45, 2.75) is 89.1 Å². The van der Waals surface area contributed by atoms with Gasteiger partial charge in [-0.2, -0.15) is 0 Å². The van der Waals surface area contributed by atoms with E-state index in [2.05, 4.69) is 46.9 Å². The maximum atomic E-state index is 5.76. The Balaban J connectivity index is 1.41. The number of hydrogen-bond donors (Lipinski definition) is 4. The quantitative estimate of drug-likeness (QED) is 0.500. The fraction of sp³-hybridized carbons (Fsp3) is 1.00. The second-order valence-electron chi connectivity index (χ2n) is 10.4. The number of hydrogen-bond acceptors (Lipinski definition) is 6. The van der Waals surface area contributed by atoms with Gasteiger partial charge in [0.2, 0.25) is 0 Å². The van der Waals surface area contributed by atoms with E-state index in [4.69, 9.17) is 5.73 Å². The minimum absolute atomic E-state index is 0.482. The van der Waals surface area contributed by atoms with Gasteiger partial charge in [-0.15, -0.1) is 0 Å². The number of nitrogens with one attached hydrogen (secondary N) is 3. The molecule has 6 nitrogen and oxygen atoms in total. The number of hydrazine groups is 1. The molecule has 4 rings (SSSR count). The number of nitrogens with zero attached hydrogens (tertiary/aromatic N) is 2. The van der Waals surface area contributed by atoms with Gasteiger partial charge >= 0.3 is 0 Å². The Morgan fingerprint density at radius 3 is 2.71 bits per heavy atom. The molecule has 6 heteroatoms. The molecule has 6 atom stereocenters. The molecule has 4 aliphatic rings.